The molecule has 0 unspecified atom stereocenters. The Kier molecular flexibility index (Phi) is 13.7. The van der Waals surface area contributed by atoms with Gasteiger partial charge in [-0.05, 0) is 51.0 Å². The van der Waals surface area contributed by atoms with Crippen LogP contribution in [0.5, 0.6) is 5.75 Å². The summed E-state index contributed by atoms with van der Waals surface area (Å²) >= 11 is 0. The van der Waals surface area contributed by atoms with Crippen molar-refractivity contribution in [3.63, 3.8) is 0 Å². The van der Waals surface area contributed by atoms with Gasteiger partial charge < -0.3 is 10.0 Å². The third kappa shape index (κ3) is 12.0. The standard InChI is InChI=1S/C12H27N.C6H6O/c1-4-7-10-13(11-8-5-2)12-9-6-3;7-6-4-2-1-3-5-6/h4-12H2,1-3H3;1-5,7H. The lowest BCUT2D eigenvalue weighted by Crippen LogP contribution is -2.27. The maximum atomic E-state index is 8.63. The fraction of sp³-hybridized carbons (Fsp3) is 0.667. The third-order valence-corrected chi connectivity index (χ3v) is 3.24. The molecule has 0 aliphatic carbocycles. The van der Waals surface area contributed by atoms with E-state index in [0.29, 0.717) is 5.75 Å². The molecule has 0 aliphatic rings. The van der Waals surface area contributed by atoms with E-state index in [1.165, 1.54) is 58.2 Å². The second kappa shape index (κ2) is 14.4. The van der Waals surface area contributed by atoms with Gasteiger partial charge in [0, 0.05) is 0 Å². The van der Waals surface area contributed by atoms with Gasteiger partial charge in [-0.3, -0.25) is 0 Å². The minimum atomic E-state index is 0.322. The highest BCUT2D eigenvalue weighted by Gasteiger charge is 2.01. The van der Waals surface area contributed by atoms with Crippen molar-refractivity contribution < 1.29 is 5.11 Å². The Morgan fingerprint density at radius 3 is 1.40 bits per heavy atom. The van der Waals surface area contributed by atoms with Crippen molar-refractivity contribution in [2.75, 3.05) is 19.6 Å². The van der Waals surface area contributed by atoms with E-state index < -0.39 is 0 Å². The number of benzene rings is 1. The summed E-state index contributed by atoms with van der Waals surface area (Å²) in [5.41, 5.74) is 0. The van der Waals surface area contributed by atoms with Crippen LogP contribution in [0.3, 0.4) is 0 Å². The molecule has 2 nitrogen and oxygen atoms in total. The van der Waals surface area contributed by atoms with Gasteiger partial charge in [-0.15, -0.1) is 0 Å². The summed E-state index contributed by atoms with van der Waals surface area (Å²) in [7, 11) is 0. The van der Waals surface area contributed by atoms with Crippen molar-refractivity contribution in [1.29, 1.82) is 0 Å². The van der Waals surface area contributed by atoms with E-state index in [-0.39, 0.29) is 0 Å². The Bertz CT molecular complexity index is 268. The summed E-state index contributed by atoms with van der Waals surface area (Å²) in [6.45, 7) is 10.8. The van der Waals surface area contributed by atoms with E-state index in [0.717, 1.165) is 0 Å². The molecule has 1 N–H and O–H groups in total. The van der Waals surface area contributed by atoms with Gasteiger partial charge in [0.05, 0.1) is 0 Å². The lowest BCUT2D eigenvalue weighted by molar-refractivity contribution is 0.261. The number of unbranched alkanes of at least 4 members (excludes halogenated alkanes) is 3. The molecule has 0 saturated carbocycles. The zero-order chi connectivity index (χ0) is 15.1. The van der Waals surface area contributed by atoms with Gasteiger partial charge in [0.2, 0.25) is 0 Å². The van der Waals surface area contributed by atoms with Crippen molar-refractivity contribution in [1.82, 2.24) is 4.90 Å². The number of rotatable bonds is 9. The number of aromatic hydroxyl groups is 1. The Balaban J connectivity index is 0.000000428. The zero-order valence-corrected chi connectivity index (χ0v) is 13.6. The quantitative estimate of drug-likeness (QED) is 0.681. The summed E-state index contributed by atoms with van der Waals surface area (Å²) in [4.78, 5) is 2.64. The third-order valence-electron chi connectivity index (χ3n) is 3.24. The number of hydrogen-bond donors (Lipinski definition) is 1. The predicted molar refractivity (Wildman–Crippen MR) is 89.3 cm³/mol. The molecular weight excluding hydrogens is 246 g/mol. The van der Waals surface area contributed by atoms with Crippen LogP contribution in [0.2, 0.25) is 0 Å². The topological polar surface area (TPSA) is 23.5 Å². The fourth-order valence-corrected chi connectivity index (χ4v) is 1.91. The molecule has 2 heteroatoms. The van der Waals surface area contributed by atoms with Gasteiger partial charge in [-0.2, -0.15) is 0 Å². The average molecular weight is 279 g/mol. The first-order valence-corrected chi connectivity index (χ1v) is 8.20. The summed E-state index contributed by atoms with van der Waals surface area (Å²) in [5.74, 6) is 0.322. The van der Waals surface area contributed by atoms with Crippen LogP contribution in [0.15, 0.2) is 30.3 Å². The molecule has 0 aliphatic heterocycles. The first-order chi connectivity index (χ1) is 9.74. The zero-order valence-electron chi connectivity index (χ0n) is 13.6. The SMILES string of the molecule is CCCCN(CCCC)CCCC.Oc1ccccc1. The van der Waals surface area contributed by atoms with Crippen LogP contribution in [-0.4, -0.2) is 29.6 Å². The minimum absolute atomic E-state index is 0.322. The van der Waals surface area contributed by atoms with Crippen LogP contribution in [-0.2, 0) is 0 Å². The minimum Gasteiger partial charge on any atom is -0.508 e. The Morgan fingerprint density at radius 1 is 0.750 bits per heavy atom. The van der Waals surface area contributed by atoms with Crippen molar-refractivity contribution >= 4 is 0 Å². The summed E-state index contributed by atoms with van der Waals surface area (Å²) in [5, 5.41) is 8.63. The number of para-hydroxylation sites is 1. The number of phenols is 1. The summed E-state index contributed by atoms with van der Waals surface area (Å²) in [6.07, 6.45) is 8.09. The Labute approximate surface area is 125 Å². The van der Waals surface area contributed by atoms with E-state index in [2.05, 4.69) is 25.7 Å². The van der Waals surface area contributed by atoms with Gasteiger partial charge in [0.25, 0.3) is 0 Å². The van der Waals surface area contributed by atoms with Crippen LogP contribution < -0.4 is 0 Å². The van der Waals surface area contributed by atoms with Gasteiger partial charge in [0.15, 0.2) is 0 Å². The van der Waals surface area contributed by atoms with E-state index in [4.69, 9.17) is 5.11 Å². The molecule has 0 saturated heterocycles. The van der Waals surface area contributed by atoms with Crippen molar-refractivity contribution in [2.45, 2.75) is 59.3 Å². The van der Waals surface area contributed by atoms with Crippen LogP contribution in [0.4, 0.5) is 0 Å². The molecular formula is C18H33NO. The lowest BCUT2D eigenvalue weighted by atomic mass is 10.2. The largest absolute Gasteiger partial charge is 0.508 e. The van der Waals surface area contributed by atoms with Crippen molar-refractivity contribution in [3.05, 3.63) is 30.3 Å². The van der Waals surface area contributed by atoms with E-state index >= 15 is 0 Å². The average Bonchev–Trinajstić information content (AvgIpc) is 2.48. The number of nitrogens with zero attached hydrogens (tertiary/aromatic N) is 1. The molecule has 0 amide bonds. The molecule has 0 radical (unpaired) electrons. The molecule has 1 aromatic carbocycles. The molecule has 116 valence electrons. The van der Waals surface area contributed by atoms with Gasteiger partial charge in [-0.1, -0.05) is 58.2 Å². The maximum absolute atomic E-state index is 8.63. The summed E-state index contributed by atoms with van der Waals surface area (Å²) < 4.78 is 0. The number of phenolic OH excluding ortho intramolecular Hbond substituents is 1. The van der Waals surface area contributed by atoms with Gasteiger partial charge >= 0.3 is 0 Å². The van der Waals surface area contributed by atoms with Crippen LogP contribution in [0.25, 0.3) is 0 Å². The molecule has 0 heterocycles. The number of hydrogen-bond acceptors (Lipinski definition) is 2. The Hall–Kier alpha value is -1.02. The summed E-state index contributed by atoms with van der Waals surface area (Å²) in [6, 6.07) is 8.71. The van der Waals surface area contributed by atoms with Gasteiger partial charge in [0.1, 0.15) is 5.75 Å². The molecule has 1 rings (SSSR count). The van der Waals surface area contributed by atoms with E-state index in [1.807, 2.05) is 6.07 Å². The molecule has 0 bridgehead atoms. The van der Waals surface area contributed by atoms with Crippen LogP contribution in [0, 0.1) is 0 Å². The fourth-order valence-electron chi connectivity index (χ4n) is 1.91. The first kappa shape index (κ1) is 19.0. The molecule has 1 aromatic rings. The second-order valence-corrected chi connectivity index (χ2v) is 5.24. The Morgan fingerprint density at radius 2 is 1.15 bits per heavy atom. The molecule has 0 atom stereocenters. The molecule has 20 heavy (non-hydrogen) atoms. The van der Waals surface area contributed by atoms with Crippen LogP contribution >= 0.6 is 0 Å². The first-order valence-electron chi connectivity index (χ1n) is 8.20. The highest BCUT2D eigenvalue weighted by Crippen LogP contribution is 2.03. The molecule has 0 fully saturated rings. The molecule has 0 spiro atoms. The lowest BCUT2D eigenvalue weighted by Gasteiger charge is -2.21. The smallest absolute Gasteiger partial charge is 0.115 e. The van der Waals surface area contributed by atoms with E-state index in [1.54, 1.807) is 24.3 Å². The van der Waals surface area contributed by atoms with Gasteiger partial charge in [-0.25, -0.2) is 0 Å². The maximum Gasteiger partial charge on any atom is 0.115 e. The van der Waals surface area contributed by atoms with E-state index in [9.17, 15) is 0 Å². The van der Waals surface area contributed by atoms with Crippen molar-refractivity contribution in [3.8, 4) is 5.75 Å². The second-order valence-electron chi connectivity index (χ2n) is 5.24. The van der Waals surface area contributed by atoms with Crippen molar-refractivity contribution in [2.24, 2.45) is 0 Å². The highest BCUT2D eigenvalue weighted by atomic mass is 16.3. The monoisotopic (exact) mass is 279 g/mol. The van der Waals surface area contributed by atoms with Crippen LogP contribution in [0.1, 0.15) is 59.3 Å². The normalized spacial score (nSPS) is 10.2. The predicted octanol–water partition coefficient (Wildman–Crippen LogP) is 5.08. The molecule has 0 aromatic heterocycles. The highest BCUT2D eigenvalue weighted by molar-refractivity contribution is 5.18.